The first-order valence-corrected chi connectivity index (χ1v) is 7.39. The molecule has 0 atom stereocenters. The van der Waals surface area contributed by atoms with Gasteiger partial charge >= 0.3 is 0 Å². The first kappa shape index (κ1) is 17.5. The average molecular weight is 329 g/mol. The summed E-state index contributed by atoms with van der Waals surface area (Å²) in [5.41, 5.74) is 0.461. The van der Waals surface area contributed by atoms with Crippen molar-refractivity contribution in [2.45, 2.75) is 6.92 Å². The fourth-order valence-electron chi connectivity index (χ4n) is 2.16. The van der Waals surface area contributed by atoms with Gasteiger partial charge in [-0.3, -0.25) is 9.59 Å². The number of ketones is 1. The van der Waals surface area contributed by atoms with Gasteiger partial charge < -0.3 is 19.5 Å². The number of allylic oxidation sites excluding steroid dienone is 1. The Morgan fingerprint density at radius 2 is 2.08 bits per heavy atom. The first-order chi connectivity index (χ1) is 11.4. The van der Waals surface area contributed by atoms with Crippen LogP contribution in [0, 0.1) is 6.92 Å². The summed E-state index contributed by atoms with van der Waals surface area (Å²) in [7, 11) is 1.54. The lowest BCUT2D eigenvalue weighted by atomic mass is 10.1. The highest BCUT2D eigenvalue weighted by atomic mass is 16.5. The molecule has 1 aromatic carbocycles. The third-order valence-corrected chi connectivity index (χ3v) is 3.54. The largest absolute Gasteiger partial charge is 0.507 e. The Bertz CT molecular complexity index is 836. The highest BCUT2D eigenvalue weighted by molar-refractivity contribution is 6.08. The average Bonchev–Trinajstić information content (AvgIpc) is 2.56. The Hall–Kier alpha value is -2.86. The zero-order valence-electron chi connectivity index (χ0n) is 13.5. The molecule has 0 bridgehead atoms. The van der Waals surface area contributed by atoms with Crippen LogP contribution in [0.3, 0.4) is 0 Å². The minimum absolute atomic E-state index is 0.0887. The van der Waals surface area contributed by atoms with E-state index in [-0.39, 0.29) is 24.5 Å². The van der Waals surface area contributed by atoms with Crippen molar-refractivity contribution in [3.8, 4) is 11.5 Å². The smallest absolute Gasteiger partial charge is 0.265 e. The number of aromatic hydroxyl groups is 1. The molecule has 2 rings (SSSR count). The lowest BCUT2D eigenvalue weighted by Crippen LogP contribution is -2.25. The van der Waals surface area contributed by atoms with Crippen LogP contribution in [0.1, 0.15) is 21.6 Å². The van der Waals surface area contributed by atoms with Gasteiger partial charge in [0.2, 0.25) is 0 Å². The number of aryl methyl sites for hydroxylation is 1. The second kappa shape index (κ2) is 7.61. The van der Waals surface area contributed by atoms with Crippen LogP contribution in [0.5, 0.6) is 11.5 Å². The lowest BCUT2D eigenvalue weighted by molar-refractivity contribution is 0.104. The molecule has 0 spiro atoms. The Morgan fingerprint density at radius 3 is 2.79 bits per heavy atom. The van der Waals surface area contributed by atoms with E-state index in [1.54, 1.807) is 38.2 Å². The van der Waals surface area contributed by atoms with E-state index in [9.17, 15) is 14.7 Å². The zero-order chi connectivity index (χ0) is 17.7. The van der Waals surface area contributed by atoms with Gasteiger partial charge in [0.1, 0.15) is 23.7 Å². The van der Waals surface area contributed by atoms with E-state index in [2.05, 4.69) is 0 Å². The summed E-state index contributed by atoms with van der Waals surface area (Å²) in [4.78, 5) is 24.4. The van der Waals surface area contributed by atoms with Crippen molar-refractivity contribution in [1.82, 2.24) is 4.57 Å². The number of carbonyl (C=O) groups excluding carboxylic acids is 1. The Balaban J connectivity index is 2.26. The van der Waals surface area contributed by atoms with Crippen molar-refractivity contribution in [3.05, 3.63) is 63.6 Å². The molecule has 24 heavy (non-hydrogen) atoms. The molecule has 6 heteroatoms. The molecule has 0 saturated heterocycles. The van der Waals surface area contributed by atoms with Gasteiger partial charge in [0.05, 0.1) is 6.61 Å². The predicted molar refractivity (Wildman–Crippen MR) is 90.5 cm³/mol. The number of benzene rings is 1. The van der Waals surface area contributed by atoms with Crippen molar-refractivity contribution in [3.63, 3.8) is 0 Å². The van der Waals surface area contributed by atoms with Crippen molar-refractivity contribution in [1.29, 1.82) is 0 Å². The van der Waals surface area contributed by atoms with Crippen molar-refractivity contribution >= 4 is 11.9 Å². The molecular weight excluding hydrogens is 310 g/mol. The van der Waals surface area contributed by atoms with E-state index in [0.717, 1.165) is 0 Å². The maximum absolute atomic E-state index is 12.3. The number of hydrogen-bond acceptors (Lipinski definition) is 5. The molecule has 0 saturated carbocycles. The van der Waals surface area contributed by atoms with Gasteiger partial charge in [-0.1, -0.05) is 18.2 Å². The standard InChI is InChI=1S/C18H19NO5/c1-12-10-16(22)17(18(23)19(12)2)15(21)7-6-13-4-3-5-14(11-13)24-9-8-20/h3-7,10-11,20,22H,8-9H2,1-2H3. The van der Waals surface area contributed by atoms with E-state index < -0.39 is 11.3 Å². The lowest BCUT2D eigenvalue weighted by Gasteiger charge is -2.07. The predicted octanol–water partition coefficient (Wildman–Crippen LogP) is 1.67. The van der Waals surface area contributed by atoms with Crippen molar-refractivity contribution in [2.24, 2.45) is 7.05 Å². The van der Waals surface area contributed by atoms with Gasteiger partial charge in [-0.05, 0) is 30.7 Å². The number of ether oxygens (including phenoxy) is 1. The number of hydrogen-bond donors (Lipinski definition) is 2. The molecular formula is C18H19NO5. The summed E-state index contributed by atoms with van der Waals surface area (Å²) >= 11 is 0. The molecule has 0 radical (unpaired) electrons. The highest BCUT2D eigenvalue weighted by Crippen LogP contribution is 2.17. The summed E-state index contributed by atoms with van der Waals surface area (Å²) in [5.74, 6) is -0.340. The van der Waals surface area contributed by atoms with Crippen LogP contribution in [0.25, 0.3) is 6.08 Å². The van der Waals surface area contributed by atoms with Crippen LogP contribution in [0.2, 0.25) is 0 Å². The SMILES string of the molecule is Cc1cc(O)c(C(=O)C=Cc2cccc(OCCO)c2)c(=O)n1C. The van der Waals surface area contributed by atoms with Gasteiger partial charge in [-0.2, -0.15) is 0 Å². The molecule has 2 N–H and O–H groups in total. The molecule has 0 fully saturated rings. The van der Waals surface area contributed by atoms with Crippen LogP contribution in [0.4, 0.5) is 0 Å². The molecule has 2 aromatic rings. The summed E-state index contributed by atoms with van der Waals surface area (Å²) in [6.07, 6.45) is 2.77. The second-order valence-electron chi connectivity index (χ2n) is 5.25. The molecule has 1 heterocycles. The summed E-state index contributed by atoms with van der Waals surface area (Å²) < 4.78 is 6.60. The molecule has 6 nitrogen and oxygen atoms in total. The highest BCUT2D eigenvalue weighted by Gasteiger charge is 2.16. The number of aromatic nitrogens is 1. The second-order valence-corrected chi connectivity index (χ2v) is 5.25. The summed E-state index contributed by atoms with van der Waals surface area (Å²) in [6.45, 7) is 1.76. The van der Waals surface area contributed by atoms with Crippen molar-refractivity contribution in [2.75, 3.05) is 13.2 Å². The fourth-order valence-corrected chi connectivity index (χ4v) is 2.16. The Kier molecular flexibility index (Phi) is 5.55. The van der Waals surface area contributed by atoms with Gasteiger partial charge in [-0.15, -0.1) is 0 Å². The van der Waals surface area contributed by atoms with E-state index in [4.69, 9.17) is 9.84 Å². The van der Waals surface area contributed by atoms with Crippen LogP contribution in [0.15, 0.2) is 41.2 Å². The third-order valence-electron chi connectivity index (χ3n) is 3.54. The third kappa shape index (κ3) is 3.91. The van der Waals surface area contributed by atoms with E-state index >= 15 is 0 Å². The number of aliphatic hydroxyl groups is 1. The molecule has 0 aliphatic heterocycles. The minimum Gasteiger partial charge on any atom is -0.507 e. The number of pyridine rings is 1. The topological polar surface area (TPSA) is 88.8 Å². The quantitative estimate of drug-likeness (QED) is 0.621. The number of aliphatic hydroxyl groups excluding tert-OH is 1. The maximum Gasteiger partial charge on any atom is 0.265 e. The first-order valence-electron chi connectivity index (χ1n) is 7.39. The van der Waals surface area contributed by atoms with E-state index in [0.29, 0.717) is 17.0 Å². The normalized spacial score (nSPS) is 11.0. The van der Waals surface area contributed by atoms with E-state index in [1.807, 2.05) is 0 Å². The molecule has 0 unspecified atom stereocenters. The monoisotopic (exact) mass is 329 g/mol. The molecule has 1 aromatic heterocycles. The van der Waals surface area contributed by atoms with Gasteiger partial charge in [0.25, 0.3) is 5.56 Å². The summed E-state index contributed by atoms with van der Waals surface area (Å²) in [6, 6.07) is 8.33. The molecule has 0 amide bonds. The Labute approximate surface area is 139 Å². The van der Waals surface area contributed by atoms with Gasteiger partial charge in [0, 0.05) is 18.8 Å². The van der Waals surface area contributed by atoms with Crippen molar-refractivity contribution < 1.29 is 19.7 Å². The van der Waals surface area contributed by atoms with Gasteiger partial charge in [0.15, 0.2) is 5.78 Å². The van der Waals surface area contributed by atoms with Crippen LogP contribution < -0.4 is 10.3 Å². The molecule has 0 aliphatic rings. The van der Waals surface area contributed by atoms with Crippen LogP contribution in [-0.2, 0) is 7.05 Å². The Morgan fingerprint density at radius 1 is 1.33 bits per heavy atom. The van der Waals surface area contributed by atoms with E-state index in [1.165, 1.54) is 22.8 Å². The molecule has 0 aliphatic carbocycles. The number of nitrogens with zero attached hydrogens (tertiary/aromatic N) is 1. The molecule has 126 valence electrons. The van der Waals surface area contributed by atoms with Gasteiger partial charge in [-0.25, -0.2) is 0 Å². The fraction of sp³-hybridized carbons (Fsp3) is 0.222. The summed E-state index contributed by atoms with van der Waals surface area (Å²) in [5, 5.41) is 18.6. The number of carbonyl (C=O) groups is 1. The minimum atomic E-state index is -0.574. The zero-order valence-corrected chi connectivity index (χ0v) is 13.5. The van der Waals surface area contributed by atoms with Crippen LogP contribution >= 0.6 is 0 Å². The van der Waals surface area contributed by atoms with Crippen LogP contribution in [-0.4, -0.2) is 33.8 Å². The maximum atomic E-state index is 12.3. The number of rotatable bonds is 6.